The molecular weight excluding hydrogens is 248 g/mol. The predicted molar refractivity (Wildman–Crippen MR) is 69.5 cm³/mol. The fourth-order valence-corrected chi connectivity index (χ4v) is 2.08. The van der Waals surface area contributed by atoms with E-state index in [-0.39, 0.29) is 30.8 Å². The number of nitrogens with zero attached hydrogens (tertiary/aromatic N) is 2. The summed E-state index contributed by atoms with van der Waals surface area (Å²) in [5.74, 6) is -0.514. The summed E-state index contributed by atoms with van der Waals surface area (Å²) in [5, 5.41) is 0. The van der Waals surface area contributed by atoms with Gasteiger partial charge in [0.1, 0.15) is 18.4 Å². The van der Waals surface area contributed by atoms with Crippen molar-refractivity contribution in [2.75, 3.05) is 27.2 Å². The van der Waals surface area contributed by atoms with Crippen LogP contribution in [-0.4, -0.2) is 60.9 Å². The highest BCUT2D eigenvalue weighted by Gasteiger charge is 2.42. The van der Waals surface area contributed by atoms with Gasteiger partial charge in [0.05, 0.1) is 0 Å². The molecule has 0 aliphatic carbocycles. The number of hydrogen-bond acceptors (Lipinski definition) is 4. The second-order valence-electron chi connectivity index (χ2n) is 4.81. The van der Waals surface area contributed by atoms with Crippen molar-refractivity contribution in [3.05, 3.63) is 12.7 Å². The van der Waals surface area contributed by atoms with Gasteiger partial charge in [-0.15, -0.1) is 0 Å². The van der Waals surface area contributed by atoms with Crippen molar-refractivity contribution < 1.29 is 19.1 Å². The Balaban J connectivity index is 2.84. The second kappa shape index (κ2) is 6.36. The molecule has 1 fully saturated rings. The number of ether oxygens (including phenoxy) is 1. The molecule has 1 unspecified atom stereocenters. The fraction of sp³-hybridized carbons (Fsp3) is 0.615. The Labute approximate surface area is 113 Å². The smallest absolute Gasteiger partial charge is 0.410 e. The molecule has 1 aliphatic rings. The van der Waals surface area contributed by atoms with Gasteiger partial charge in [-0.1, -0.05) is 12.7 Å². The lowest BCUT2D eigenvalue weighted by molar-refractivity contribution is -0.133. The van der Waals surface area contributed by atoms with Gasteiger partial charge in [-0.05, 0) is 13.3 Å². The molecule has 1 aliphatic heterocycles. The molecule has 1 heterocycles. The Morgan fingerprint density at radius 2 is 2.05 bits per heavy atom. The first kappa shape index (κ1) is 15.2. The lowest BCUT2D eigenvalue weighted by atomic mass is 10.0. The largest absolute Gasteiger partial charge is 0.445 e. The zero-order valence-electron chi connectivity index (χ0n) is 11.6. The van der Waals surface area contributed by atoms with Gasteiger partial charge in [0.2, 0.25) is 5.91 Å². The number of carbonyl (C=O) groups is 3. The number of carbonyl (C=O) groups excluding carboxylic acids is 3. The van der Waals surface area contributed by atoms with Crippen LogP contribution in [0.4, 0.5) is 4.79 Å². The van der Waals surface area contributed by atoms with E-state index in [1.807, 2.05) is 0 Å². The maximum Gasteiger partial charge on any atom is 0.410 e. The topological polar surface area (TPSA) is 66.9 Å². The summed E-state index contributed by atoms with van der Waals surface area (Å²) in [4.78, 5) is 38.1. The van der Waals surface area contributed by atoms with Crippen LogP contribution in [0.3, 0.4) is 0 Å². The van der Waals surface area contributed by atoms with E-state index in [0.29, 0.717) is 6.42 Å². The quantitative estimate of drug-likeness (QED) is 0.703. The van der Waals surface area contributed by atoms with Gasteiger partial charge in [-0.2, -0.15) is 0 Å². The minimum absolute atomic E-state index is 0.0180. The monoisotopic (exact) mass is 268 g/mol. The summed E-state index contributed by atoms with van der Waals surface area (Å²) in [6.45, 7) is 5.25. The molecule has 0 aromatic rings. The van der Waals surface area contributed by atoms with E-state index >= 15 is 0 Å². The van der Waals surface area contributed by atoms with E-state index in [1.165, 1.54) is 22.8 Å². The minimum atomic E-state index is -0.624. The van der Waals surface area contributed by atoms with Crippen LogP contribution in [0.5, 0.6) is 0 Å². The molecule has 0 aromatic carbocycles. The van der Waals surface area contributed by atoms with E-state index in [0.717, 1.165) is 0 Å². The Morgan fingerprint density at radius 3 is 2.53 bits per heavy atom. The van der Waals surface area contributed by atoms with Crippen LogP contribution in [0.15, 0.2) is 12.7 Å². The first-order valence-electron chi connectivity index (χ1n) is 6.14. The average molecular weight is 268 g/mol. The van der Waals surface area contributed by atoms with Gasteiger partial charge in [0, 0.05) is 26.6 Å². The van der Waals surface area contributed by atoms with E-state index < -0.39 is 12.1 Å². The van der Waals surface area contributed by atoms with Crippen LogP contribution in [0.1, 0.15) is 13.3 Å². The minimum Gasteiger partial charge on any atom is -0.445 e. The normalized spacial score (nSPS) is 21.9. The lowest BCUT2D eigenvalue weighted by Gasteiger charge is -2.25. The summed E-state index contributed by atoms with van der Waals surface area (Å²) in [5.41, 5.74) is 0. The maximum atomic E-state index is 12.0. The third-order valence-electron chi connectivity index (χ3n) is 3.16. The Bertz CT molecular complexity index is 392. The van der Waals surface area contributed by atoms with Crippen LogP contribution in [-0.2, 0) is 14.3 Å². The molecule has 2 atom stereocenters. The van der Waals surface area contributed by atoms with Crippen LogP contribution < -0.4 is 0 Å². The van der Waals surface area contributed by atoms with Crippen molar-refractivity contribution in [3.63, 3.8) is 0 Å². The summed E-state index contributed by atoms with van der Waals surface area (Å²) in [6, 6.07) is -0.624. The molecular formula is C13H20N2O4. The Morgan fingerprint density at radius 1 is 1.42 bits per heavy atom. The number of ketones is 1. The van der Waals surface area contributed by atoms with Crippen molar-refractivity contribution in [3.8, 4) is 0 Å². The van der Waals surface area contributed by atoms with Crippen molar-refractivity contribution >= 4 is 17.8 Å². The molecule has 106 valence electrons. The van der Waals surface area contributed by atoms with Crippen LogP contribution in [0.25, 0.3) is 0 Å². The highest BCUT2D eigenvalue weighted by atomic mass is 16.6. The molecule has 19 heavy (non-hydrogen) atoms. The number of Topliss-reactive ketones (excluding diaryl/α,β-unsaturated/α-hetero) is 1. The number of amides is 2. The molecule has 1 rings (SSSR count). The summed E-state index contributed by atoms with van der Waals surface area (Å²) in [7, 11) is 3.24. The molecule has 0 radical (unpaired) electrons. The van der Waals surface area contributed by atoms with E-state index in [4.69, 9.17) is 4.74 Å². The molecule has 2 amide bonds. The van der Waals surface area contributed by atoms with Gasteiger partial charge < -0.3 is 9.64 Å². The van der Waals surface area contributed by atoms with Crippen molar-refractivity contribution in [2.24, 2.45) is 5.92 Å². The third-order valence-corrected chi connectivity index (χ3v) is 3.16. The molecule has 0 saturated carbocycles. The van der Waals surface area contributed by atoms with Crippen LogP contribution in [0.2, 0.25) is 0 Å². The summed E-state index contributed by atoms with van der Waals surface area (Å²) >= 11 is 0. The number of likely N-dealkylation sites (tertiary alicyclic amines) is 1. The zero-order chi connectivity index (χ0) is 14.6. The molecule has 6 nitrogen and oxygen atoms in total. The lowest BCUT2D eigenvalue weighted by Crippen LogP contribution is -2.45. The van der Waals surface area contributed by atoms with Crippen LogP contribution in [0, 0.1) is 5.92 Å². The highest BCUT2D eigenvalue weighted by molar-refractivity contribution is 5.89. The first-order chi connectivity index (χ1) is 8.88. The number of hydrogen-bond donors (Lipinski definition) is 0. The third kappa shape index (κ3) is 3.56. The van der Waals surface area contributed by atoms with Crippen molar-refractivity contribution in [1.82, 2.24) is 9.80 Å². The summed E-state index contributed by atoms with van der Waals surface area (Å²) < 4.78 is 4.95. The Hall–Kier alpha value is -1.85. The SMILES string of the molecule is C=CCOC(=O)N1CC(C(C)=O)C[C@H]1C(=O)N(C)C. The molecule has 0 N–H and O–H groups in total. The van der Waals surface area contributed by atoms with Crippen molar-refractivity contribution in [2.45, 2.75) is 19.4 Å². The fourth-order valence-electron chi connectivity index (χ4n) is 2.08. The maximum absolute atomic E-state index is 12.0. The summed E-state index contributed by atoms with van der Waals surface area (Å²) in [6.07, 6.45) is 1.23. The van der Waals surface area contributed by atoms with Gasteiger partial charge >= 0.3 is 6.09 Å². The van der Waals surface area contributed by atoms with Gasteiger partial charge in [0.15, 0.2) is 0 Å². The Kier molecular flexibility index (Phi) is 5.09. The van der Waals surface area contributed by atoms with E-state index in [1.54, 1.807) is 14.1 Å². The average Bonchev–Trinajstić information content (AvgIpc) is 2.79. The van der Waals surface area contributed by atoms with E-state index in [9.17, 15) is 14.4 Å². The molecule has 1 saturated heterocycles. The standard InChI is InChI=1S/C13H20N2O4/c1-5-6-19-13(18)15-8-10(9(2)16)7-11(15)12(17)14(3)4/h5,10-11H,1,6-8H2,2-4H3/t10?,11-/m0/s1. The van der Waals surface area contributed by atoms with Crippen LogP contribution >= 0.6 is 0 Å². The molecule has 0 bridgehead atoms. The first-order valence-corrected chi connectivity index (χ1v) is 6.14. The molecule has 0 spiro atoms. The second-order valence-corrected chi connectivity index (χ2v) is 4.81. The molecule has 0 aromatic heterocycles. The van der Waals surface area contributed by atoms with Gasteiger partial charge in [-0.25, -0.2) is 4.79 Å². The number of rotatable bonds is 4. The van der Waals surface area contributed by atoms with Gasteiger partial charge in [0.25, 0.3) is 0 Å². The predicted octanol–water partition coefficient (Wildman–Crippen LogP) is 0.677. The highest BCUT2D eigenvalue weighted by Crippen LogP contribution is 2.25. The number of likely N-dealkylation sites (N-methyl/N-ethyl adjacent to an activating group) is 1. The zero-order valence-corrected chi connectivity index (χ0v) is 11.6. The van der Waals surface area contributed by atoms with Crippen molar-refractivity contribution in [1.29, 1.82) is 0 Å². The molecule has 6 heteroatoms. The van der Waals surface area contributed by atoms with E-state index in [2.05, 4.69) is 6.58 Å². The van der Waals surface area contributed by atoms with Gasteiger partial charge in [-0.3, -0.25) is 14.5 Å².